The molecule has 1 saturated carbocycles. The van der Waals surface area contributed by atoms with Gasteiger partial charge in [0.25, 0.3) is 5.91 Å². The fraction of sp³-hybridized carbons (Fsp3) is 0.529. The summed E-state index contributed by atoms with van der Waals surface area (Å²) in [6.07, 6.45) is 5.98. The van der Waals surface area contributed by atoms with Crippen LogP contribution >= 0.6 is 0 Å². The third-order valence-electron chi connectivity index (χ3n) is 8.51. The smallest absolute Gasteiger partial charge is 0.251 e. The van der Waals surface area contributed by atoms with E-state index in [1.165, 1.54) is 12.1 Å². The Morgan fingerprint density at radius 2 is 1.64 bits per heavy atom. The van der Waals surface area contributed by atoms with Crippen molar-refractivity contribution in [2.75, 3.05) is 6.54 Å². The quantitative estimate of drug-likeness (QED) is 0.0685. The Bertz CT molecular complexity index is 1250. The molecule has 1 aliphatic rings. The van der Waals surface area contributed by atoms with Crippen LogP contribution in [0.3, 0.4) is 0 Å². The molecule has 0 heterocycles. The van der Waals surface area contributed by atoms with Gasteiger partial charge in [-0.2, -0.15) is 0 Å². The zero-order valence-electron chi connectivity index (χ0n) is 27.2. The first-order valence-electron chi connectivity index (χ1n) is 15.3. The highest BCUT2D eigenvalue weighted by molar-refractivity contribution is 5.99. The average molecular weight is 610 g/mol. The van der Waals surface area contributed by atoms with Crippen LogP contribution in [0.4, 0.5) is 4.39 Å². The molecule has 1 aliphatic carbocycles. The Labute approximate surface area is 262 Å². The lowest BCUT2D eigenvalue weighted by Crippen LogP contribution is -2.51. The van der Waals surface area contributed by atoms with E-state index < -0.39 is 5.66 Å². The normalized spacial score (nSPS) is 19.4. The Hall–Kier alpha value is -3.63. The molecule has 3 rings (SSSR count). The van der Waals surface area contributed by atoms with Crippen LogP contribution in [0.5, 0.6) is 0 Å². The molecule has 0 saturated heterocycles. The van der Waals surface area contributed by atoms with E-state index in [2.05, 4.69) is 51.6 Å². The molecule has 242 valence electrons. The van der Waals surface area contributed by atoms with Crippen LogP contribution in [0.1, 0.15) is 108 Å². The molecule has 10 heteroatoms. The highest BCUT2D eigenvalue weighted by Gasteiger charge is 2.44. The number of nitrogens with one attached hydrogen (secondary N) is 2. The lowest BCUT2D eigenvalue weighted by atomic mass is 9.75. The number of hydrogen-bond donors (Lipinski definition) is 5. The van der Waals surface area contributed by atoms with E-state index >= 15 is 0 Å². The minimum Gasteiger partial charge on any atom is -0.386 e. The molecule has 0 aliphatic heterocycles. The summed E-state index contributed by atoms with van der Waals surface area (Å²) >= 11 is 0. The van der Waals surface area contributed by atoms with Crippen LogP contribution in [0, 0.1) is 28.5 Å². The first kappa shape index (κ1) is 36.6. The number of carbonyl (C=O) groups is 2. The number of aliphatic imine (C=N–C) groups is 1. The van der Waals surface area contributed by atoms with Gasteiger partial charge in [-0.05, 0) is 98.1 Å². The minimum atomic E-state index is -0.744. The Morgan fingerprint density at radius 3 is 2.11 bits per heavy atom. The molecule has 9 nitrogen and oxygen atoms in total. The van der Waals surface area contributed by atoms with Crippen molar-refractivity contribution < 1.29 is 14.0 Å². The molecule has 2 amide bonds. The van der Waals surface area contributed by atoms with Crippen molar-refractivity contribution in [1.82, 2.24) is 10.2 Å². The van der Waals surface area contributed by atoms with E-state index in [0.717, 1.165) is 61.8 Å². The number of amides is 2. The van der Waals surface area contributed by atoms with Gasteiger partial charge in [-0.25, -0.2) is 4.39 Å². The molecule has 1 unspecified atom stereocenters. The number of nitrogens with zero attached hydrogens (tertiary/aromatic N) is 2. The van der Waals surface area contributed by atoms with Crippen molar-refractivity contribution in [3.63, 3.8) is 0 Å². The maximum atomic E-state index is 13.7. The molecule has 0 bridgehead atoms. The van der Waals surface area contributed by atoms with Crippen molar-refractivity contribution in [1.29, 1.82) is 5.41 Å². The number of halogens is 1. The third-order valence-corrected chi connectivity index (χ3v) is 8.51. The lowest BCUT2D eigenvalue weighted by Gasteiger charge is -2.48. The Kier molecular flexibility index (Phi) is 13.7. The summed E-state index contributed by atoms with van der Waals surface area (Å²) in [7, 11) is 0. The zero-order valence-corrected chi connectivity index (χ0v) is 27.2. The summed E-state index contributed by atoms with van der Waals surface area (Å²) in [6.45, 7) is 13.0. The topological polar surface area (TPSA) is 164 Å². The van der Waals surface area contributed by atoms with Crippen molar-refractivity contribution >= 4 is 23.9 Å². The first-order valence-corrected chi connectivity index (χ1v) is 15.3. The van der Waals surface area contributed by atoms with Gasteiger partial charge in [-0.1, -0.05) is 58.9 Å². The van der Waals surface area contributed by atoms with Crippen LogP contribution in [-0.2, 0) is 4.79 Å². The number of rotatable bonds is 12. The molecule has 2 aromatic carbocycles. The summed E-state index contributed by atoms with van der Waals surface area (Å²) in [4.78, 5) is 33.0. The number of hydrazine groups is 1. The second kappa shape index (κ2) is 16.4. The van der Waals surface area contributed by atoms with Gasteiger partial charge in [-0.15, -0.1) is 0 Å². The van der Waals surface area contributed by atoms with Gasteiger partial charge in [0.05, 0.1) is 12.6 Å². The number of hydrogen-bond acceptors (Lipinski definition) is 6. The fourth-order valence-corrected chi connectivity index (χ4v) is 5.90. The molecule has 8 N–H and O–H groups in total. The van der Waals surface area contributed by atoms with Gasteiger partial charge in [0, 0.05) is 11.3 Å². The molecule has 1 fully saturated rings. The van der Waals surface area contributed by atoms with Crippen LogP contribution in [0.2, 0.25) is 0 Å². The minimum absolute atomic E-state index is 0.0149. The van der Waals surface area contributed by atoms with E-state index in [4.69, 9.17) is 16.1 Å². The third kappa shape index (κ3) is 10.2. The number of benzene rings is 2. The second-order valence-electron chi connectivity index (χ2n) is 13.2. The standard InChI is InChI=1S/C34H48FN5O2.H4N2/c1-23(2)25-15-19-34(20-16-25,39-24(3)26-11-13-29(35)14-12-26)40(22-41)30(17-18-33(4,5)6)27-7-9-28(10-8-27)32(42)38-21-31(36)37;1-2/h7-14,22-23,25,30H,15-21H2,1-6H3,(H3,36,37)(H,38,42);1-2H2/b39-24+;. The lowest BCUT2D eigenvalue weighted by molar-refractivity contribution is -0.130. The molecule has 2 aromatic rings. The largest absolute Gasteiger partial charge is 0.386 e. The molecule has 0 radical (unpaired) electrons. The summed E-state index contributed by atoms with van der Waals surface area (Å²) in [5.41, 5.74) is 7.70. The molecule has 0 spiro atoms. The van der Waals surface area contributed by atoms with Gasteiger partial charge >= 0.3 is 0 Å². The molecular weight excluding hydrogens is 557 g/mol. The summed E-state index contributed by atoms with van der Waals surface area (Å²) in [5, 5.41) is 10.0. The van der Waals surface area contributed by atoms with Crippen molar-refractivity contribution in [3.8, 4) is 0 Å². The van der Waals surface area contributed by atoms with Crippen LogP contribution in [0.15, 0.2) is 53.5 Å². The van der Waals surface area contributed by atoms with Gasteiger partial charge < -0.3 is 16.0 Å². The van der Waals surface area contributed by atoms with E-state index in [0.29, 0.717) is 17.4 Å². The van der Waals surface area contributed by atoms with Crippen molar-refractivity contribution in [2.24, 2.45) is 39.7 Å². The van der Waals surface area contributed by atoms with E-state index in [1.54, 1.807) is 24.3 Å². The van der Waals surface area contributed by atoms with E-state index in [9.17, 15) is 14.0 Å². The van der Waals surface area contributed by atoms with E-state index in [-0.39, 0.29) is 35.6 Å². The van der Waals surface area contributed by atoms with Crippen molar-refractivity contribution in [2.45, 2.75) is 91.8 Å². The predicted octanol–water partition coefficient (Wildman–Crippen LogP) is 5.69. The number of amidine groups is 1. The predicted molar refractivity (Wildman–Crippen MR) is 177 cm³/mol. The van der Waals surface area contributed by atoms with Crippen LogP contribution < -0.4 is 22.7 Å². The van der Waals surface area contributed by atoms with Gasteiger partial charge in [0.2, 0.25) is 6.41 Å². The summed E-state index contributed by atoms with van der Waals surface area (Å²) < 4.78 is 13.7. The number of carbonyl (C=O) groups excluding carboxylic acids is 2. The molecule has 44 heavy (non-hydrogen) atoms. The van der Waals surface area contributed by atoms with E-state index in [1.807, 2.05) is 24.0 Å². The highest BCUT2D eigenvalue weighted by Crippen LogP contribution is 2.45. The monoisotopic (exact) mass is 609 g/mol. The van der Waals surface area contributed by atoms with Gasteiger partial charge in [0.15, 0.2) is 0 Å². The average Bonchev–Trinajstić information content (AvgIpc) is 2.99. The number of nitrogens with two attached hydrogens (primary N) is 3. The molecule has 1 atom stereocenters. The Balaban J connectivity index is 0.00000330. The first-order chi connectivity index (χ1) is 20.7. The SMILES string of the molecule is C/C(=N\C1(N(C=O)C(CCC(C)(C)C)c2ccc(C(=O)NCC(=N)N)cc2)CCC(C(C)C)CC1)c1ccc(F)cc1.NN. The summed E-state index contributed by atoms with van der Waals surface area (Å²) in [6, 6.07) is 13.4. The zero-order chi connectivity index (χ0) is 33.1. The van der Waals surface area contributed by atoms with Crippen LogP contribution in [0.25, 0.3) is 0 Å². The van der Waals surface area contributed by atoms with Gasteiger partial charge in [0.1, 0.15) is 17.3 Å². The maximum absolute atomic E-state index is 13.7. The second-order valence-corrected chi connectivity index (χ2v) is 13.2. The maximum Gasteiger partial charge on any atom is 0.251 e. The van der Waals surface area contributed by atoms with Crippen molar-refractivity contribution in [3.05, 3.63) is 71.0 Å². The highest BCUT2D eigenvalue weighted by atomic mass is 19.1. The van der Waals surface area contributed by atoms with Crippen LogP contribution in [-0.4, -0.2) is 41.0 Å². The van der Waals surface area contributed by atoms with Gasteiger partial charge in [-0.3, -0.25) is 31.7 Å². The molecule has 0 aromatic heterocycles. The molecular formula is C34H52FN7O2. The Morgan fingerprint density at radius 1 is 1.09 bits per heavy atom. The summed E-state index contributed by atoms with van der Waals surface area (Å²) in [5.74, 6) is 8.40. The fourth-order valence-electron chi connectivity index (χ4n) is 5.90.